The van der Waals surface area contributed by atoms with Gasteiger partial charge in [0.25, 0.3) is 0 Å². The third-order valence-corrected chi connectivity index (χ3v) is 3.74. The van der Waals surface area contributed by atoms with E-state index >= 15 is 0 Å². The second-order valence-corrected chi connectivity index (χ2v) is 6.05. The SMILES string of the molecule is CN=C(NCCN(C)CCCOC)NCc1cccc(Br)c1. The van der Waals surface area contributed by atoms with Crippen LogP contribution in [0.5, 0.6) is 0 Å². The lowest BCUT2D eigenvalue weighted by Gasteiger charge is -2.18. The number of nitrogens with one attached hydrogen (secondary N) is 2. The van der Waals surface area contributed by atoms with Gasteiger partial charge >= 0.3 is 0 Å². The first-order valence-electron chi connectivity index (χ1n) is 7.52. The molecular weight excluding hydrogens is 344 g/mol. The van der Waals surface area contributed by atoms with Gasteiger partial charge in [0.2, 0.25) is 0 Å². The van der Waals surface area contributed by atoms with Crippen LogP contribution >= 0.6 is 15.9 Å². The molecule has 1 aromatic carbocycles. The lowest BCUT2D eigenvalue weighted by atomic mass is 10.2. The van der Waals surface area contributed by atoms with Crippen molar-refractivity contribution < 1.29 is 4.74 Å². The molecule has 0 unspecified atom stereocenters. The summed E-state index contributed by atoms with van der Waals surface area (Å²) >= 11 is 3.48. The standard InChI is InChI=1S/C16H27BrN4O/c1-18-16(19-8-10-21(2)9-5-11-22-3)20-13-14-6-4-7-15(17)12-14/h4,6-7,12H,5,8-11,13H2,1-3H3,(H2,18,19,20). The summed E-state index contributed by atoms with van der Waals surface area (Å²) in [5.74, 6) is 0.824. The molecule has 1 aromatic rings. The number of methoxy groups -OCH3 is 1. The molecule has 0 fully saturated rings. The van der Waals surface area contributed by atoms with Gasteiger partial charge in [-0.25, -0.2) is 0 Å². The summed E-state index contributed by atoms with van der Waals surface area (Å²) in [6, 6.07) is 8.25. The van der Waals surface area contributed by atoms with E-state index in [1.165, 1.54) is 5.56 Å². The summed E-state index contributed by atoms with van der Waals surface area (Å²) in [5.41, 5.74) is 1.22. The molecule has 22 heavy (non-hydrogen) atoms. The minimum absolute atomic E-state index is 0.753. The van der Waals surface area contributed by atoms with Crippen molar-refractivity contribution in [2.45, 2.75) is 13.0 Å². The number of guanidine groups is 1. The zero-order valence-electron chi connectivity index (χ0n) is 13.7. The summed E-state index contributed by atoms with van der Waals surface area (Å²) in [7, 11) is 5.65. The highest BCUT2D eigenvalue weighted by molar-refractivity contribution is 9.10. The van der Waals surface area contributed by atoms with E-state index in [-0.39, 0.29) is 0 Å². The van der Waals surface area contributed by atoms with Crippen molar-refractivity contribution in [1.29, 1.82) is 0 Å². The smallest absolute Gasteiger partial charge is 0.191 e. The fraction of sp³-hybridized carbons (Fsp3) is 0.562. The first kappa shape index (κ1) is 18.9. The third-order valence-electron chi connectivity index (χ3n) is 3.25. The molecule has 2 N–H and O–H groups in total. The molecule has 0 aliphatic heterocycles. The summed E-state index contributed by atoms with van der Waals surface area (Å²) in [6.07, 6.45) is 1.06. The van der Waals surface area contributed by atoms with E-state index in [1.54, 1.807) is 14.2 Å². The van der Waals surface area contributed by atoms with Crippen molar-refractivity contribution >= 4 is 21.9 Å². The molecule has 0 saturated heterocycles. The first-order valence-corrected chi connectivity index (χ1v) is 8.31. The van der Waals surface area contributed by atoms with Crippen LogP contribution in [0.3, 0.4) is 0 Å². The Labute approximate surface area is 142 Å². The molecule has 0 aliphatic carbocycles. The number of hydrogen-bond donors (Lipinski definition) is 2. The number of benzene rings is 1. The van der Waals surface area contributed by atoms with Crippen molar-refractivity contribution in [2.75, 3.05) is 47.4 Å². The summed E-state index contributed by atoms with van der Waals surface area (Å²) in [4.78, 5) is 6.53. The van der Waals surface area contributed by atoms with Crippen LogP contribution in [-0.2, 0) is 11.3 Å². The Morgan fingerprint density at radius 3 is 2.82 bits per heavy atom. The molecule has 0 aliphatic rings. The van der Waals surface area contributed by atoms with Gasteiger partial charge < -0.3 is 20.3 Å². The molecule has 6 heteroatoms. The monoisotopic (exact) mass is 370 g/mol. The Hall–Kier alpha value is -1.11. The van der Waals surface area contributed by atoms with Gasteiger partial charge in [0.1, 0.15) is 0 Å². The Balaban J connectivity index is 2.22. The molecule has 124 valence electrons. The molecule has 0 atom stereocenters. The molecule has 0 heterocycles. The summed E-state index contributed by atoms with van der Waals surface area (Å²) in [6.45, 7) is 4.44. The Morgan fingerprint density at radius 2 is 2.14 bits per heavy atom. The Morgan fingerprint density at radius 1 is 1.32 bits per heavy atom. The average Bonchev–Trinajstić information content (AvgIpc) is 2.51. The van der Waals surface area contributed by atoms with Crippen molar-refractivity contribution in [1.82, 2.24) is 15.5 Å². The van der Waals surface area contributed by atoms with Crippen LogP contribution < -0.4 is 10.6 Å². The van der Waals surface area contributed by atoms with Crippen molar-refractivity contribution in [3.63, 3.8) is 0 Å². The summed E-state index contributed by atoms with van der Waals surface area (Å²) in [5, 5.41) is 6.65. The van der Waals surface area contributed by atoms with Crippen LogP contribution in [-0.4, -0.2) is 58.3 Å². The molecule has 0 radical (unpaired) electrons. The zero-order chi connectivity index (χ0) is 16.2. The van der Waals surface area contributed by atoms with E-state index in [0.717, 1.165) is 49.6 Å². The molecule has 1 rings (SSSR count). The van der Waals surface area contributed by atoms with Crippen molar-refractivity contribution in [2.24, 2.45) is 4.99 Å². The normalized spacial score (nSPS) is 11.8. The van der Waals surface area contributed by atoms with Crippen LogP contribution in [0.1, 0.15) is 12.0 Å². The van der Waals surface area contributed by atoms with E-state index in [1.807, 2.05) is 12.1 Å². The van der Waals surface area contributed by atoms with E-state index in [0.29, 0.717) is 0 Å². The van der Waals surface area contributed by atoms with Crippen molar-refractivity contribution in [3.05, 3.63) is 34.3 Å². The van der Waals surface area contributed by atoms with Crippen molar-refractivity contribution in [3.8, 4) is 0 Å². The highest BCUT2D eigenvalue weighted by atomic mass is 79.9. The highest BCUT2D eigenvalue weighted by Crippen LogP contribution is 2.11. The predicted octanol–water partition coefficient (Wildman–Crippen LogP) is 2.08. The van der Waals surface area contributed by atoms with E-state index in [4.69, 9.17) is 4.74 Å². The molecule has 0 amide bonds. The lowest BCUT2D eigenvalue weighted by Crippen LogP contribution is -2.40. The van der Waals surface area contributed by atoms with E-state index < -0.39 is 0 Å². The summed E-state index contributed by atoms with van der Waals surface area (Å²) < 4.78 is 6.15. The number of aliphatic imine (C=N–C) groups is 1. The third kappa shape index (κ3) is 8.36. The average molecular weight is 371 g/mol. The quantitative estimate of drug-likeness (QED) is 0.397. The van der Waals surface area contributed by atoms with E-state index in [2.05, 4.69) is 55.6 Å². The Kier molecular flexibility index (Phi) is 9.86. The first-order chi connectivity index (χ1) is 10.7. The number of ether oxygens (including phenoxy) is 1. The number of nitrogens with zero attached hydrogens (tertiary/aromatic N) is 2. The number of halogens is 1. The lowest BCUT2D eigenvalue weighted by molar-refractivity contribution is 0.180. The van der Waals surface area contributed by atoms with Gasteiger partial charge in [-0.2, -0.15) is 0 Å². The molecule has 0 spiro atoms. The predicted molar refractivity (Wildman–Crippen MR) is 96.3 cm³/mol. The topological polar surface area (TPSA) is 48.9 Å². The fourth-order valence-corrected chi connectivity index (χ4v) is 2.46. The van der Waals surface area contributed by atoms with Crippen LogP contribution in [0.25, 0.3) is 0 Å². The van der Waals surface area contributed by atoms with Gasteiger partial charge in [-0.3, -0.25) is 4.99 Å². The fourth-order valence-electron chi connectivity index (χ4n) is 2.01. The van der Waals surface area contributed by atoms with Gasteiger partial charge in [-0.1, -0.05) is 28.1 Å². The number of likely N-dealkylation sites (N-methyl/N-ethyl adjacent to an activating group) is 1. The van der Waals surface area contributed by atoms with E-state index in [9.17, 15) is 0 Å². The molecule has 0 aromatic heterocycles. The number of hydrogen-bond acceptors (Lipinski definition) is 3. The van der Waals surface area contributed by atoms with Gasteiger partial charge in [0.05, 0.1) is 0 Å². The number of rotatable bonds is 9. The minimum atomic E-state index is 0.753. The maximum Gasteiger partial charge on any atom is 0.191 e. The maximum atomic E-state index is 5.06. The van der Waals surface area contributed by atoms with Crippen LogP contribution in [0.4, 0.5) is 0 Å². The largest absolute Gasteiger partial charge is 0.385 e. The highest BCUT2D eigenvalue weighted by Gasteiger charge is 2.01. The molecule has 0 bridgehead atoms. The van der Waals surface area contributed by atoms with Gasteiger partial charge in [-0.15, -0.1) is 0 Å². The molecule has 0 saturated carbocycles. The van der Waals surface area contributed by atoms with Gasteiger partial charge in [-0.05, 0) is 31.2 Å². The molecule has 5 nitrogen and oxygen atoms in total. The van der Waals surface area contributed by atoms with Crippen LogP contribution in [0.2, 0.25) is 0 Å². The van der Waals surface area contributed by atoms with Crippen LogP contribution in [0.15, 0.2) is 33.7 Å². The maximum absolute atomic E-state index is 5.06. The second kappa shape index (κ2) is 11.5. The minimum Gasteiger partial charge on any atom is -0.385 e. The second-order valence-electron chi connectivity index (χ2n) is 5.13. The van der Waals surface area contributed by atoms with Gasteiger partial charge in [0.15, 0.2) is 5.96 Å². The van der Waals surface area contributed by atoms with Gasteiger partial charge in [0, 0.05) is 51.4 Å². The zero-order valence-corrected chi connectivity index (χ0v) is 15.3. The molecular formula is C16H27BrN4O. The van der Waals surface area contributed by atoms with Crippen LogP contribution in [0, 0.1) is 0 Å². The Bertz CT molecular complexity index is 454.